The van der Waals surface area contributed by atoms with Crippen LogP contribution in [0.4, 0.5) is 4.39 Å². The first-order valence-electron chi connectivity index (χ1n) is 8.92. The first-order chi connectivity index (χ1) is 14.2. The first kappa shape index (κ1) is 23.5. The van der Waals surface area contributed by atoms with Gasteiger partial charge in [-0.25, -0.2) is 9.18 Å². The molecule has 1 aliphatic heterocycles. The van der Waals surface area contributed by atoms with Gasteiger partial charge < -0.3 is 34.8 Å². The monoisotopic (exact) mass is 419 g/mol. The van der Waals surface area contributed by atoms with Gasteiger partial charge in [-0.05, 0) is 35.2 Å². The molecule has 12 heteroatoms. The molecule has 1 saturated heterocycles. The maximum Gasteiger partial charge on any atom is 0.488 e. The van der Waals surface area contributed by atoms with Crippen molar-refractivity contribution in [3.63, 3.8) is 0 Å². The highest BCUT2D eigenvalue weighted by Gasteiger charge is 2.22. The predicted octanol–water partition coefficient (Wildman–Crippen LogP) is -1.96. The number of carbonyl (C=O) groups excluding carboxylic acids is 1. The molecule has 0 unspecified atom stereocenters. The van der Waals surface area contributed by atoms with Gasteiger partial charge in [-0.2, -0.15) is 0 Å². The highest BCUT2D eigenvalue weighted by Crippen LogP contribution is 2.11. The SMILES string of the molecule is O=C(O)c1ccc(B(O)O)cc1.O=C(c1ccc(B(O)O)cc1F)N1CCOCC1. The minimum Gasteiger partial charge on any atom is -0.478 e. The third-order valence-corrected chi connectivity index (χ3v) is 4.28. The molecule has 0 radical (unpaired) electrons. The van der Waals surface area contributed by atoms with Crippen LogP contribution in [0.5, 0.6) is 0 Å². The van der Waals surface area contributed by atoms with Gasteiger partial charge in [-0.1, -0.05) is 18.2 Å². The van der Waals surface area contributed by atoms with Crippen LogP contribution in [0, 0.1) is 5.82 Å². The number of carboxylic acid groups (broad SMARTS) is 1. The van der Waals surface area contributed by atoms with Crippen molar-refractivity contribution in [2.45, 2.75) is 0 Å². The molecule has 1 fully saturated rings. The normalized spacial score (nSPS) is 13.2. The summed E-state index contributed by atoms with van der Waals surface area (Å²) >= 11 is 0. The molecule has 0 spiro atoms. The van der Waals surface area contributed by atoms with Crippen LogP contribution in [0.25, 0.3) is 0 Å². The van der Waals surface area contributed by atoms with Crippen LogP contribution in [0.1, 0.15) is 20.7 Å². The molecule has 1 amide bonds. The summed E-state index contributed by atoms with van der Waals surface area (Å²) in [7, 11) is -3.29. The van der Waals surface area contributed by atoms with Crippen molar-refractivity contribution in [2.24, 2.45) is 0 Å². The van der Waals surface area contributed by atoms with Crippen molar-refractivity contribution >= 4 is 37.0 Å². The Hall–Kier alpha value is -2.76. The maximum atomic E-state index is 13.7. The van der Waals surface area contributed by atoms with Crippen molar-refractivity contribution in [2.75, 3.05) is 26.3 Å². The van der Waals surface area contributed by atoms with Gasteiger partial charge in [0.05, 0.1) is 24.3 Å². The van der Waals surface area contributed by atoms with E-state index in [1.54, 1.807) is 0 Å². The van der Waals surface area contributed by atoms with E-state index >= 15 is 0 Å². The summed E-state index contributed by atoms with van der Waals surface area (Å²) in [4.78, 5) is 23.9. The van der Waals surface area contributed by atoms with E-state index in [1.165, 1.54) is 41.3 Å². The summed E-state index contributed by atoms with van der Waals surface area (Å²) in [5.41, 5.74) is 0.353. The average Bonchev–Trinajstić information content (AvgIpc) is 2.74. The van der Waals surface area contributed by atoms with Gasteiger partial charge in [0.15, 0.2) is 0 Å². The second-order valence-electron chi connectivity index (χ2n) is 6.32. The lowest BCUT2D eigenvalue weighted by atomic mass is 9.80. The number of amides is 1. The predicted molar refractivity (Wildman–Crippen MR) is 106 cm³/mol. The minimum atomic E-state index is -1.74. The average molecular weight is 419 g/mol. The van der Waals surface area contributed by atoms with Crippen molar-refractivity contribution in [1.29, 1.82) is 0 Å². The van der Waals surface area contributed by atoms with E-state index in [2.05, 4.69) is 0 Å². The number of morpholine rings is 1. The molecule has 0 atom stereocenters. The molecule has 2 aromatic rings. The Balaban J connectivity index is 0.000000232. The number of nitrogens with zero attached hydrogens (tertiary/aromatic N) is 1. The zero-order chi connectivity index (χ0) is 22.3. The van der Waals surface area contributed by atoms with E-state index in [0.717, 1.165) is 6.07 Å². The third-order valence-electron chi connectivity index (χ3n) is 4.28. The summed E-state index contributed by atoms with van der Waals surface area (Å²) < 4.78 is 18.8. The standard InChI is InChI=1S/C11H13BFNO4.C7H7BO4/c13-10-7-8(12(16)17)1-2-9(10)11(15)14-3-5-18-6-4-14;9-7(10)5-1-3-6(4-2-5)8(11)12/h1-2,7,16-17H,3-6H2;1-4,11-12H,(H,9,10). The van der Waals surface area contributed by atoms with Crippen molar-refractivity contribution in [3.8, 4) is 0 Å². The number of hydrogen-bond donors (Lipinski definition) is 5. The fourth-order valence-corrected chi connectivity index (χ4v) is 2.60. The summed E-state index contributed by atoms with van der Waals surface area (Å²) in [5.74, 6) is -2.19. The molecule has 158 valence electrons. The van der Waals surface area contributed by atoms with E-state index in [0.29, 0.717) is 26.3 Å². The zero-order valence-electron chi connectivity index (χ0n) is 15.8. The van der Waals surface area contributed by atoms with Gasteiger partial charge in [0.2, 0.25) is 0 Å². The van der Waals surface area contributed by atoms with E-state index in [1.807, 2.05) is 0 Å². The molecule has 3 rings (SSSR count). The summed E-state index contributed by atoms with van der Waals surface area (Å²) in [6.45, 7) is 1.76. The topological polar surface area (TPSA) is 148 Å². The number of halogens is 1. The van der Waals surface area contributed by atoms with E-state index < -0.39 is 31.9 Å². The molecular formula is C18H20B2FNO8. The quantitative estimate of drug-likeness (QED) is 0.359. The first-order valence-corrected chi connectivity index (χ1v) is 8.92. The molecule has 0 saturated carbocycles. The minimum absolute atomic E-state index is 0.0195. The zero-order valence-corrected chi connectivity index (χ0v) is 15.8. The molecule has 1 aliphatic rings. The van der Waals surface area contributed by atoms with Gasteiger partial charge in [0.1, 0.15) is 5.82 Å². The van der Waals surface area contributed by atoms with Crippen LogP contribution >= 0.6 is 0 Å². The van der Waals surface area contributed by atoms with Crippen LogP contribution in [-0.2, 0) is 4.74 Å². The molecule has 0 bridgehead atoms. The van der Waals surface area contributed by atoms with Crippen LogP contribution in [0.2, 0.25) is 0 Å². The lowest BCUT2D eigenvalue weighted by Crippen LogP contribution is -2.41. The van der Waals surface area contributed by atoms with Crippen LogP contribution in [-0.4, -0.2) is 82.5 Å². The van der Waals surface area contributed by atoms with Crippen LogP contribution in [0.3, 0.4) is 0 Å². The number of benzene rings is 2. The number of ether oxygens (including phenoxy) is 1. The van der Waals surface area contributed by atoms with Gasteiger partial charge >= 0.3 is 20.2 Å². The third kappa shape index (κ3) is 6.37. The fraction of sp³-hybridized carbons (Fsp3) is 0.222. The largest absolute Gasteiger partial charge is 0.488 e. The highest BCUT2D eigenvalue weighted by molar-refractivity contribution is 6.58. The molecule has 30 heavy (non-hydrogen) atoms. The summed E-state index contributed by atoms with van der Waals surface area (Å²) in [5, 5.41) is 43.6. The van der Waals surface area contributed by atoms with Crippen molar-refractivity contribution in [3.05, 3.63) is 59.4 Å². The molecule has 2 aromatic carbocycles. The number of carboxylic acids is 1. The maximum absolute atomic E-state index is 13.7. The van der Waals surface area contributed by atoms with Crippen LogP contribution < -0.4 is 10.9 Å². The Bertz CT molecular complexity index is 873. The van der Waals surface area contributed by atoms with Crippen molar-refractivity contribution in [1.82, 2.24) is 4.90 Å². The van der Waals surface area contributed by atoms with Gasteiger partial charge in [0, 0.05) is 13.1 Å². The number of hydrogen-bond acceptors (Lipinski definition) is 7. The van der Waals surface area contributed by atoms with Crippen LogP contribution in [0.15, 0.2) is 42.5 Å². The second kappa shape index (κ2) is 10.9. The molecule has 9 nitrogen and oxygen atoms in total. The smallest absolute Gasteiger partial charge is 0.478 e. The summed E-state index contributed by atoms with van der Waals surface area (Å²) in [6.07, 6.45) is 0. The molecule has 5 N–H and O–H groups in total. The van der Waals surface area contributed by atoms with E-state index in [-0.39, 0.29) is 22.1 Å². The Kier molecular flexibility index (Phi) is 8.51. The lowest BCUT2D eigenvalue weighted by Gasteiger charge is -2.27. The Morgan fingerprint density at radius 3 is 1.90 bits per heavy atom. The van der Waals surface area contributed by atoms with Gasteiger partial charge in [-0.3, -0.25) is 4.79 Å². The molecular weight excluding hydrogens is 399 g/mol. The lowest BCUT2D eigenvalue weighted by molar-refractivity contribution is 0.0300. The molecule has 0 aromatic heterocycles. The molecule has 0 aliphatic carbocycles. The Morgan fingerprint density at radius 1 is 0.900 bits per heavy atom. The molecule has 1 heterocycles. The van der Waals surface area contributed by atoms with Gasteiger partial charge in [-0.15, -0.1) is 0 Å². The highest BCUT2D eigenvalue weighted by atomic mass is 19.1. The summed E-state index contributed by atoms with van der Waals surface area (Å²) in [6, 6.07) is 8.89. The fourth-order valence-electron chi connectivity index (χ4n) is 2.60. The Morgan fingerprint density at radius 2 is 1.43 bits per heavy atom. The van der Waals surface area contributed by atoms with E-state index in [9.17, 15) is 14.0 Å². The van der Waals surface area contributed by atoms with Crippen molar-refractivity contribution < 1.29 is 43.9 Å². The Labute approximate surface area is 172 Å². The van der Waals surface area contributed by atoms with Gasteiger partial charge in [0.25, 0.3) is 5.91 Å². The van der Waals surface area contributed by atoms with E-state index in [4.69, 9.17) is 29.9 Å². The second-order valence-corrected chi connectivity index (χ2v) is 6.32. The number of aromatic carboxylic acids is 1. The number of carbonyl (C=O) groups is 2. The number of rotatable bonds is 4.